The van der Waals surface area contributed by atoms with Crippen LogP contribution in [-0.4, -0.2) is 77.1 Å². The lowest BCUT2D eigenvalue weighted by Gasteiger charge is -2.25. The van der Waals surface area contributed by atoms with Gasteiger partial charge in [-0.15, -0.1) is 0 Å². The lowest BCUT2D eigenvalue weighted by molar-refractivity contribution is -0.0355. The fourth-order valence-corrected chi connectivity index (χ4v) is 5.02. The Hall–Kier alpha value is -1.33. The van der Waals surface area contributed by atoms with Gasteiger partial charge in [-0.3, -0.25) is 9.13 Å². The van der Waals surface area contributed by atoms with Crippen molar-refractivity contribution in [1.29, 1.82) is 0 Å². The Morgan fingerprint density at radius 1 is 1.27 bits per heavy atom. The molecule has 166 valence electrons. The monoisotopic (exact) mass is 461 g/mol. The molecule has 0 amide bonds. The molecular formula is C17H25ClN5O6P. The zero-order valence-corrected chi connectivity index (χ0v) is 18.0. The molecule has 2 unspecified atom stereocenters. The first-order chi connectivity index (χ1) is 14.2. The number of hydrogen-bond acceptors (Lipinski definition) is 8. The van der Waals surface area contributed by atoms with Crippen LogP contribution in [0.15, 0.2) is 6.33 Å². The first-order valence-corrected chi connectivity index (χ1v) is 12.0. The number of aromatic nitrogens is 4. The molecule has 1 aliphatic carbocycles. The first kappa shape index (κ1) is 21.9. The van der Waals surface area contributed by atoms with Gasteiger partial charge in [0, 0.05) is 13.1 Å². The van der Waals surface area contributed by atoms with E-state index in [1.54, 1.807) is 0 Å². The molecule has 2 aliphatic rings. The van der Waals surface area contributed by atoms with E-state index in [9.17, 15) is 14.8 Å². The average molecular weight is 462 g/mol. The summed E-state index contributed by atoms with van der Waals surface area (Å²) in [6.45, 7) is 0. The number of halogens is 1. The molecule has 11 nitrogen and oxygen atoms in total. The number of aliphatic hydroxyl groups is 2. The zero-order valence-electron chi connectivity index (χ0n) is 16.4. The molecule has 2 aromatic rings. The molecule has 4 rings (SSSR count). The highest BCUT2D eigenvalue weighted by Gasteiger charge is 2.44. The summed E-state index contributed by atoms with van der Waals surface area (Å²) in [6.07, 6.45) is 0.703. The van der Waals surface area contributed by atoms with Crippen LogP contribution in [0.25, 0.3) is 11.2 Å². The maximum atomic E-state index is 11.2. The van der Waals surface area contributed by atoms with Crippen LogP contribution < -0.4 is 4.90 Å². The SMILES string of the molecule is CN(c1nc(Cl)nc2c1ncn2[C@@H]1O[C@H](CCP(=O)(O)O)C(O)C1O)C1CCCC1. The summed E-state index contributed by atoms with van der Waals surface area (Å²) in [6, 6.07) is 0.330. The van der Waals surface area contributed by atoms with Crippen LogP contribution in [0.2, 0.25) is 5.28 Å². The van der Waals surface area contributed by atoms with E-state index in [1.165, 1.54) is 10.9 Å². The molecule has 30 heavy (non-hydrogen) atoms. The van der Waals surface area contributed by atoms with Gasteiger partial charge in [-0.25, -0.2) is 4.98 Å². The summed E-state index contributed by atoms with van der Waals surface area (Å²) in [7, 11) is -2.31. The van der Waals surface area contributed by atoms with Crippen LogP contribution >= 0.6 is 19.2 Å². The van der Waals surface area contributed by atoms with Gasteiger partial charge in [-0.05, 0) is 30.9 Å². The standard InChI is InChI=1S/C17H25ClN5O6P/c1-22(9-4-2-3-5-9)14-11-15(21-17(18)20-14)23(8-19-11)16-13(25)12(24)10(29-16)6-7-30(26,27)28/h8-10,12-13,16,24-25H,2-7H2,1H3,(H2,26,27,28)/t10-,12?,13?,16-/m1/s1. The highest BCUT2D eigenvalue weighted by Crippen LogP contribution is 2.40. The third-order valence-electron chi connectivity index (χ3n) is 5.90. The van der Waals surface area contributed by atoms with Gasteiger partial charge >= 0.3 is 7.60 Å². The maximum absolute atomic E-state index is 11.2. The quantitative estimate of drug-likeness (QED) is 0.362. The number of ether oxygens (including phenoxy) is 1. The summed E-state index contributed by atoms with van der Waals surface area (Å²) in [5.74, 6) is 0.585. The highest BCUT2D eigenvalue weighted by molar-refractivity contribution is 7.51. The van der Waals surface area contributed by atoms with Crippen molar-refractivity contribution in [1.82, 2.24) is 19.5 Å². The molecule has 4 N–H and O–H groups in total. The van der Waals surface area contributed by atoms with Crippen molar-refractivity contribution in [2.24, 2.45) is 0 Å². The predicted molar refractivity (Wildman–Crippen MR) is 108 cm³/mol. The molecule has 0 aromatic carbocycles. The Labute approximate surface area is 177 Å². The van der Waals surface area contributed by atoms with Crippen molar-refractivity contribution in [3.63, 3.8) is 0 Å². The number of imidazole rings is 1. The van der Waals surface area contributed by atoms with Crippen molar-refractivity contribution in [3.05, 3.63) is 11.6 Å². The Kier molecular flexibility index (Phi) is 6.06. The van der Waals surface area contributed by atoms with Gasteiger partial charge in [0.15, 0.2) is 23.2 Å². The number of nitrogens with zero attached hydrogens (tertiary/aromatic N) is 5. The molecular weight excluding hydrogens is 437 g/mol. The van der Waals surface area contributed by atoms with Crippen LogP contribution in [0, 0.1) is 0 Å². The Balaban J connectivity index is 1.64. The second-order valence-electron chi connectivity index (χ2n) is 7.91. The Morgan fingerprint density at radius 3 is 2.63 bits per heavy atom. The largest absolute Gasteiger partial charge is 0.388 e. The zero-order chi connectivity index (χ0) is 21.6. The van der Waals surface area contributed by atoms with Gasteiger partial charge in [-0.1, -0.05) is 12.8 Å². The van der Waals surface area contributed by atoms with Crippen LogP contribution in [0.5, 0.6) is 0 Å². The van der Waals surface area contributed by atoms with Gasteiger partial charge in [0.05, 0.1) is 18.6 Å². The Morgan fingerprint density at radius 2 is 1.97 bits per heavy atom. The number of hydrogen-bond donors (Lipinski definition) is 4. The van der Waals surface area contributed by atoms with E-state index < -0.39 is 38.3 Å². The normalized spacial score (nSPS) is 27.9. The molecule has 2 fully saturated rings. The van der Waals surface area contributed by atoms with E-state index in [1.807, 2.05) is 11.9 Å². The lowest BCUT2D eigenvalue weighted by atomic mass is 10.1. The summed E-state index contributed by atoms with van der Waals surface area (Å²) in [4.78, 5) is 33.2. The topological polar surface area (TPSA) is 154 Å². The molecule has 1 aliphatic heterocycles. The number of fused-ring (bicyclic) bond motifs is 1. The summed E-state index contributed by atoms with van der Waals surface area (Å²) in [5.41, 5.74) is 0.847. The van der Waals surface area contributed by atoms with Crippen molar-refractivity contribution < 1.29 is 29.3 Å². The smallest absolute Gasteiger partial charge is 0.325 e. The molecule has 1 saturated carbocycles. The van der Waals surface area contributed by atoms with Gasteiger partial charge < -0.3 is 29.6 Å². The molecule has 4 atom stereocenters. The molecule has 2 aromatic heterocycles. The Bertz CT molecular complexity index is 964. The minimum Gasteiger partial charge on any atom is -0.388 e. The molecule has 0 spiro atoms. The second-order valence-corrected chi connectivity index (χ2v) is 10.0. The molecule has 13 heteroatoms. The van der Waals surface area contributed by atoms with E-state index in [2.05, 4.69) is 15.0 Å². The lowest BCUT2D eigenvalue weighted by Crippen LogP contribution is -2.32. The van der Waals surface area contributed by atoms with Crippen molar-refractivity contribution in [2.75, 3.05) is 18.1 Å². The van der Waals surface area contributed by atoms with E-state index in [0.29, 0.717) is 23.0 Å². The third-order valence-corrected chi connectivity index (χ3v) is 6.91. The van der Waals surface area contributed by atoms with Crippen LogP contribution in [-0.2, 0) is 9.30 Å². The fourth-order valence-electron chi connectivity index (χ4n) is 4.27. The van der Waals surface area contributed by atoms with Crippen molar-refractivity contribution >= 4 is 36.2 Å². The third kappa shape index (κ3) is 4.20. The number of aliphatic hydroxyl groups excluding tert-OH is 2. The number of rotatable bonds is 6. The first-order valence-electron chi connectivity index (χ1n) is 9.85. The molecule has 0 bridgehead atoms. The second kappa shape index (κ2) is 8.31. The van der Waals surface area contributed by atoms with E-state index in [0.717, 1.165) is 25.7 Å². The molecule has 1 saturated heterocycles. The van der Waals surface area contributed by atoms with Gasteiger partial charge in [-0.2, -0.15) is 9.97 Å². The minimum atomic E-state index is -4.25. The summed E-state index contributed by atoms with van der Waals surface area (Å²) in [5, 5.41) is 20.8. The van der Waals surface area contributed by atoms with E-state index in [-0.39, 0.29) is 11.7 Å². The predicted octanol–water partition coefficient (Wildman–Crippen LogP) is 1.05. The van der Waals surface area contributed by atoms with Crippen LogP contribution in [0.3, 0.4) is 0 Å². The fraction of sp³-hybridized carbons (Fsp3) is 0.706. The van der Waals surface area contributed by atoms with E-state index >= 15 is 0 Å². The van der Waals surface area contributed by atoms with Crippen LogP contribution in [0.1, 0.15) is 38.3 Å². The molecule has 3 heterocycles. The van der Waals surface area contributed by atoms with Crippen LogP contribution in [0.4, 0.5) is 5.82 Å². The highest BCUT2D eigenvalue weighted by atomic mass is 35.5. The van der Waals surface area contributed by atoms with Gasteiger partial charge in [0.1, 0.15) is 12.2 Å². The van der Waals surface area contributed by atoms with Gasteiger partial charge in [0.25, 0.3) is 0 Å². The van der Waals surface area contributed by atoms with Crippen molar-refractivity contribution in [2.45, 2.75) is 62.7 Å². The van der Waals surface area contributed by atoms with Gasteiger partial charge in [0.2, 0.25) is 5.28 Å². The molecule has 0 radical (unpaired) electrons. The minimum absolute atomic E-state index is 0.0233. The summed E-state index contributed by atoms with van der Waals surface area (Å²) >= 11 is 6.17. The maximum Gasteiger partial charge on any atom is 0.325 e. The average Bonchev–Trinajstić information content (AvgIpc) is 3.40. The van der Waals surface area contributed by atoms with Crippen molar-refractivity contribution in [3.8, 4) is 0 Å². The summed E-state index contributed by atoms with van der Waals surface area (Å²) < 4.78 is 18.4. The number of anilines is 1. The van der Waals surface area contributed by atoms with E-state index in [4.69, 9.17) is 26.1 Å².